The number of hydrogen-bond donors (Lipinski definition) is 1. The molecule has 1 aromatic rings. The number of hydrogen-bond acceptors (Lipinski definition) is 5. The predicted molar refractivity (Wildman–Crippen MR) is 80.5 cm³/mol. The molecule has 120 valence electrons. The van der Waals surface area contributed by atoms with Gasteiger partial charge in [0.05, 0.1) is 19.3 Å². The van der Waals surface area contributed by atoms with Crippen molar-refractivity contribution in [3.8, 4) is 0 Å². The third kappa shape index (κ3) is 4.82. The summed E-state index contributed by atoms with van der Waals surface area (Å²) in [5.74, 6) is -0.660. The van der Waals surface area contributed by atoms with E-state index in [1.165, 1.54) is 14.0 Å². The molecule has 1 heterocycles. The van der Waals surface area contributed by atoms with Crippen LogP contribution in [0.4, 0.5) is 5.69 Å². The number of benzene rings is 1. The van der Waals surface area contributed by atoms with Crippen LogP contribution in [0.25, 0.3) is 0 Å². The molecule has 1 aliphatic heterocycles. The first-order valence-electron chi connectivity index (χ1n) is 7.31. The molecule has 0 aliphatic carbocycles. The van der Waals surface area contributed by atoms with E-state index in [4.69, 9.17) is 14.2 Å². The van der Waals surface area contributed by atoms with Crippen molar-refractivity contribution in [3.05, 3.63) is 29.3 Å². The number of esters is 1. The molecular formula is C16H21NO5. The van der Waals surface area contributed by atoms with Crippen LogP contribution in [-0.2, 0) is 25.6 Å². The quantitative estimate of drug-likeness (QED) is 0.846. The summed E-state index contributed by atoms with van der Waals surface area (Å²) in [6.07, 6.45) is 2.81. The van der Waals surface area contributed by atoms with Crippen molar-refractivity contribution in [2.24, 2.45) is 0 Å². The van der Waals surface area contributed by atoms with Crippen LogP contribution >= 0.6 is 0 Å². The zero-order valence-corrected chi connectivity index (χ0v) is 12.9. The third-order valence-corrected chi connectivity index (χ3v) is 3.31. The largest absolute Gasteiger partial charge is 0.465 e. The van der Waals surface area contributed by atoms with Gasteiger partial charge in [-0.15, -0.1) is 0 Å². The lowest BCUT2D eigenvalue weighted by molar-refractivity contribution is -0.168. The Bertz CT molecular complexity index is 537. The van der Waals surface area contributed by atoms with E-state index in [-0.39, 0.29) is 12.2 Å². The van der Waals surface area contributed by atoms with E-state index in [2.05, 4.69) is 5.32 Å². The Labute approximate surface area is 129 Å². The van der Waals surface area contributed by atoms with E-state index >= 15 is 0 Å². The van der Waals surface area contributed by atoms with E-state index in [0.717, 1.165) is 24.8 Å². The SMILES string of the molecule is COC(=O)c1cc(COC2CCCCO2)cc(NC(C)=O)c1. The number of nitrogens with one attached hydrogen (secondary N) is 1. The Balaban J connectivity index is 2.10. The van der Waals surface area contributed by atoms with Crippen LogP contribution in [0.2, 0.25) is 0 Å². The van der Waals surface area contributed by atoms with Crippen LogP contribution < -0.4 is 5.32 Å². The van der Waals surface area contributed by atoms with Gasteiger partial charge in [0.1, 0.15) is 0 Å². The molecule has 1 saturated heterocycles. The van der Waals surface area contributed by atoms with Crippen LogP contribution in [0.1, 0.15) is 42.1 Å². The Morgan fingerprint density at radius 3 is 2.77 bits per heavy atom. The average molecular weight is 307 g/mol. The lowest BCUT2D eigenvalue weighted by atomic mass is 10.1. The molecule has 0 bridgehead atoms. The summed E-state index contributed by atoms with van der Waals surface area (Å²) in [5.41, 5.74) is 1.69. The molecular weight excluding hydrogens is 286 g/mol. The number of carbonyl (C=O) groups is 2. The second-order valence-corrected chi connectivity index (χ2v) is 5.20. The molecule has 1 fully saturated rings. The van der Waals surface area contributed by atoms with Crippen molar-refractivity contribution in [2.75, 3.05) is 19.0 Å². The highest BCUT2D eigenvalue weighted by molar-refractivity contribution is 5.94. The molecule has 22 heavy (non-hydrogen) atoms. The first kappa shape index (κ1) is 16.5. The van der Waals surface area contributed by atoms with Crippen molar-refractivity contribution in [1.82, 2.24) is 0 Å². The first-order chi connectivity index (χ1) is 10.6. The number of anilines is 1. The maximum atomic E-state index is 11.7. The van der Waals surface area contributed by atoms with Crippen molar-refractivity contribution in [2.45, 2.75) is 39.1 Å². The van der Waals surface area contributed by atoms with E-state index in [0.29, 0.717) is 24.5 Å². The predicted octanol–water partition coefficient (Wildman–Crippen LogP) is 2.47. The summed E-state index contributed by atoms with van der Waals surface area (Å²) in [4.78, 5) is 22.9. The van der Waals surface area contributed by atoms with Gasteiger partial charge in [0.25, 0.3) is 0 Å². The van der Waals surface area contributed by atoms with Crippen molar-refractivity contribution in [3.63, 3.8) is 0 Å². The summed E-state index contributed by atoms with van der Waals surface area (Å²) in [6.45, 7) is 2.43. The van der Waals surface area contributed by atoms with Gasteiger partial charge >= 0.3 is 5.97 Å². The zero-order valence-electron chi connectivity index (χ0n) is 12.9. The van der Waals surface area contributed by atoms with Crippen molar-refractivity contribution < 1.29 is 23.8 Å². The molecule has 6 heteroatoms. The fourth-order valence-corrected chi connectivity index (χ4v) is 2.32. The fraction of sp³-hybridized carbons (Fsp3) is 0.500. The highest BCUT2D eigenvalue weighted by Crippen LogP contribution is 2.20. The summed E-state index contributed by atoms with van der Waals surface area (Å²) >= 11 is 0. The van der Waals surface area contributed by atoms with Gasteiger partial charge in [0.15, 0.2) is 6.29 Å². The Hall–Kier alpha value is -1.92. The molecule has 1 N–H and O–H groups in total. The van der Waals surface area contributed by atoms with E-state index < -0.39 is 5.97 Å². The summed E-state index contributed by atoms with van der Waals surface area (Å²) in [7, 11) is 1.32. The van der Waals surface area contributed by atoms with E-state index in [1.807, 2.05) is 0 Å². The molecule has 1 unspecified atom stereocenters. The van der Waals surface area contributed by atoms with E-state index in [1.54, 1.807) is 18.2 Å². The second kappa shape index (κ2) is 7.91. The molecule has 1 aromatic carbocycles. The summed E-state index contributed by atoms with van der Waals surface area (Å²) in [6, 6.07) is 5.05. The third-order valence-electron chi connectivity index (χ3n) is 3.31. The molecule has 6 nitrogen and oxygen atoms in total. The molecule has 0 saturated carbocycles. The highest BCUT2D eigenvalue weighted by Gasteiger charge is 2.15. The van der Waals surface area contributed by atoms with Gasteiger partial charge in [-0.2, -0.15) is 0 Å². The Kier molecular flexibility index (Phi) is 5.91. The topological polar surface area (TPSA) is 73.9 Å². The number of rotatable bonds is 5. The lowest BCUT2D eigenvalue weighted by Gasteiger charge is -2.22. The number of amides is 1. The van der Waals surface area contributed by atoms with Crippen LogP contribution in [0.3, 0.4) is 0 Å². The van der Waals surface area contributed by atoms with Crippen molar-refractivity contribution >= 4 is 17.6 Å². The van der Waals surface area contributed by atoms with Gasteiger partial charge in [-0.1, -0.05) is 0 Å². The van der Waals surface area contributed by atoms with Crippen molar-refractivity contribution in [1.29, 1.82) is 0 Å². The molecule has 0 radical (unpaired) electrons. The molecule has 1 aliphatic rings. The minimum Gasteiger partial charge on any atom is -0.465 e. The minimum atomic E-state index is -0.456. The van der Waals surface area contributed by atoms with Crippen LogP contribution in [0.5, 0.6) is 0 Å². The molecule has 2 rings (SSSR count). The highest BCUT2D eigenvalue weighted by atomic mass is 16.7. The Morgan fingerprint density at radius 1 is 1.32 bits per heavy atom. The normalized spacial score (nSPS) is 17.8. The van der Waals surface area contributed by atoms with Gasteiger partial charge < -0.3 is 19.5 Å². The molecule has 1 amide bonds. The average Bonchev–Trinajstić information content (AvgIpc) is 2.52. The fourth-order valence-electron chi connectivity index (χ4n) is 2.32. The maximum Gasteiger partial charge on any atom is 0.337 e. The number of ether oxygens (including phenoxy) is 3. The van der Waals surface area contributed by atoms with Crippen LogP contribution in [-0.4, -0.2) is 31.9 Å². The van der Waals surface area contributed by atoms with Crippen LogP contribution in [0.15, 0.2) is 18.2 Å². The zero-order chi connectivity index (χ0) is 15.9. The van der Waals surface area contributed by atoms with Gasteiger partial charge in [-0.25, -0.2) is 4.79 Å². The molecule has 0 spiro atoms. The standard InChI is InChI=1S/C16H21NO5/c1-11(18)17-14-8-12(7-13(9-14)16(19)20-2)10-22-15-5-3-4-6-21-15/h7-9,15H,3-6,10H2,1-2H3,(H,17,18). The maximum absolute atomic E-state index is 11.7. The molecule has 0 aromatic heterocycles. The minimum absolute atomic E-state index is 0.204. The lowest BCUT2D eigenvalue weighted by Crippen LogP contribution is -2.22. The number of carbonyl (C=O) groups excluding carboxylic acids is 2. The van der Waals surface area contributed by atoms with Gasteiger partial charge in [0.2, 0.25) is 5.91 Å². The summed E-state index contributed by atoms with van der Waals surface area (Å²) < 4.78 is 15.9. The van der Waals surface area contributed by atoms with Gasteiger partial charge in [-0.3, -0.25) is 4.79 Å². The number of methoxy groups -OCH3 is 1. The molecule has 1 atom stereocenters. The van der Waals surface area contributed by atoms with E-state index in [9.17, 15) is 9.59 Å². The summed E-state index contributed by atoms with van der Waals surface area (Å²) in [5, 5.41) is 2.67. The smallest absolute Gasteiger partial charge is 0.337 e. The monoisotopic (exact) mass is 307 g/mol. The van der Waals surface area contributed by atoms with Gasteiger partial charge in [0, 0.05) is 19.2 Å². The Morgan fingerprint density at radius 2 is 2.14 bits per heavy atom. The van der Waals surface area contributed by atoms with Crippen LogP contribution in [0, 0.1) is 0 Å². The first-order valence-corrected chi connectivity index (χ1v) is 7.31. The van der Waals surface area contributed by atoms with Gasteiger partial charge in [-0.05, 0) is 43.0 Å². The second-order valence-electron chi connectivity index (χ2n) is 5.20.